The monoisotopic (exact) mass is 1120 g/mol. The maximum Gasteiger partial charge on any atom is 0.309 e. The SMILES string of the molecule is CCCCCCCCC1(CCCCCCC)C(=CC=C2CC(CC)CC(C=CC3=[N+](CCC(=O)O)c4ccc(C(C)(C)C)cc4C3(CCCCCCCC)CCCCCCCC)=C2Cl)N(CCC(=O)O)c2ccc(C(C)(C)C)cc21. The van der Waals surface area contributed by atoms with Crippen LogP contribution >= 0.6 is 11.6 Å². The molecule has 1 aliphatic carbocycles. The summed E-state index contributed by atoms with van der Waals surface area (Å²) in [4.78, 5) is 27.5. The van der Waals surface area contributed by atoms with Gasteiger partial charge in [0.05, 0.1) is 11.8 Å². The molecule has 2 aromatic carbocycles. The normalized spacial score (nSPS) is 19.4. The molecule has 0 spiro atoms. The van der Waals surface area contributed by atoms with Crippen molar-refractivity contribution in [1.29, 1.82) is 0 Å². The van der Waals surface area contributed by atoms with Crippen molar-refractivity contribution in [2.45, 2.75) is 303 Å². The van der Waals surface area contributed by atoms with E-state index in [-0.39, 0.29) is 34.5 Å². The van der Waals surface area contributed by atoms with Crippen LogP contribution in [0.15, 0.2) is 82.6 Å². The van der Waals surface area contributed by atoms with Crippen LogP contribution in [-0.2, 0) is 31.2 Å². The third-order valence-electron chi connectivity index (χ3n) is 18.6. The summed E-state index contributed by atoms with van der Waals surface area (Å²) in [6, 6.07) is 14.2. The zero-order valence-corrected chi connectivity index (χ0v) is 53.6. The topological polar surface area (TPSA) is 80.9 Å². The molecule has 6 nitrogen and oxygen atoms in total. The van der Waals surface area contributed by atoms with Crippen LogP contribution in [0.2, 0.25) is 0 Å². The molecule has 0 amide bonds. The highest BCUT2D eigenvalue weighted by atomic mass is 35.5. The Morgan fingerprint density at radius 2 is 1.05 bits per heavy atom. The van der Waals surface area contributed by atoms with E-state index in [4.69, 9.17) is 11.6 Å². The van der Waals surface area contributed by atoms with E-state index >= 15 is 0 Å². The van der Waals surface area contributed by atoms with Gasteiger partial charge < -0.3 is 15.1 Å². The van der Waals surface area contributed by atoms with Crippen LogP contribution in [0.4, 0.5) is 11.4 Å². The molecule has 3 aliphatic rings. The number of benzene rings is 2. The van der Waals surface area contributed by atoms with Crippen molar-refractivity contribution in [2.24, 2.45) is 5.92 Å². The number of carbonyl (C=O) groups is 2. The molecule has 0 bridgehead atoms. The summed E-state index contributed by atoms with van der Waals surface area (Å²) >= 11 is 7.89. The van der Waals surface area contributed by atoms with Gasteiger partial charge in [0, 0.05) is 46.1 Å². The molecule has 80 heavy (non-hydrogen) atoms. The van der Waals surface area contributed by atoms with Gasteiger partial charge in [0.25, 0.3) is 0 Å². The van der Waals surface area contributed by atoms with Gasteiger partial charge in [-0.1, -0.05) is 272 Å². The number of nitrogens with zero attached hydrogens (tertiary/aromatic N) is 2. The van der Waals surface area contributed by atoms with Gasteiger partial charge in [0.2, 0.25) is 5.69 Å². The van der Waals surface area contributed by atoms with Gasteiger partial charge in [-0.3, -0.25) is 9.59 Å². The number of hydrogen-bond acceptors (Lipinski definition) is 3. The first-order valence-corrected chi connectivity index (χ1v) is 33.3. The molecule has 2 heterocycles. The van der Waals surface area contributed by atoms with Crippen LogP contribution in [0.25, 0.3) is 0 Å². The molecule has 0 fully saturated rings. The Labute approximate surface area is 494 Å². The average Bonchev–Trinajstić information content (AvgIpc) is 3.82. The van der Waals surface area contributed by atoms with Crippen molar-refractivity contribution in [3.63, 3.8) is 0 Å². The second-order valence-corrected chi connectivity index (χ2v) is 27.3. The average molecular weight is 1120 g/mol. The zero-order chi connectivity index (χ0) is 58.4. The molecule has 446 valence electrons. The van der Waals surface area contributed by atoms with Crippen molar-refractivity contribution in [1.82, 2.24) is 0 Å². The summed E-state index contributed by atoms with van der Waals surface area (Å²) in [7, 11) is 0. The number of aliphatic carboxylic acids is 2. The number of carboxylic acid groups (broad SMARTS) is 2. The summed E-state index contributed by atoms with van der Waals surface area (Å²) < 4.78 is 2.40. The summed E-state index contributed by atoms with van der Waals surface area (Å²) in [6.45, 7) is 26.2. The van der Waals surface area contributed by atoms with Crippen molar-refractivity contribution >= 4 is 40.6 Å². The molecule has 0 saturated carbocycles. The highest BCUT2D eigenvalue weighted by Crippen LogP contribution is 2.55. The van der Waals surface area contributed by atoms with Crippen molar-refractivity contribution in [3.8, 4) is 0 Å². The molecule has 0 aromatic heterocycles. The van der Waals surface area contributed by atoms with Gasteiger partial charge in [-0.05, 0) is 101 Å². The largest absolute Gasteiger partial charge is 0.481 e. The highest BCUT2D eigenvalue weighted by molar-refractivity contribution is 6.32. The summed E-state index contributed by atoms with van der Waals surface area (Å²) in [5.41, 5.74) is 12.0. The third-order valence-corrected chi connectivity index (χ3v) is 19.1. The van der Waals surface area contributed by atoms with Crippen molar-refractivity contribution in [3.05, 3.63) is 105 Å². The zero-order valence-electron chi connectivity index (χ0n) is 52.9. The number of hydrogen-bond donors (Lipinski definition) is 2. The number of fused-ring (bicyclic) bond motifs is 2. The lowest BCUT2D eigenvalue weighted by molar-refractivity contribution is -0.436. The fourth-order valence-corrected chi connectivity index (χ4v) is 13.9. The predicted molar refractivity (Wildman–Crippen MR) is 344 cm³/mol. The van der Waals surface area contributed by atoms with E-state index in [1.807, 2.05) is 0 Å². The lowest BCUT2D eigenvalue weighted by Crippen LogP contribution is -2.35. The molecule has 2 atom stereocenters. The lowest BCUT2D eigenvalue weighted by atomic mass is 9.68. The molecule has 5 rings (SSSR count). The number of halogens is 1. The summed E-state index contributed by atoms with van der Waals surface area (Å²) in [6.07, 6.45) is 44.7. The molecule has 0 saturated heterocycles. The van der Waals surface area contributed by atoms with Gasteiger partial charge in [0.1, 0.15) is 6.42 Å². The van der Waals surface area contributed by atoms with Crippen LogP contribution in [-0.4, -0.2) is 45.5 Å². The number of anilines is 1. The number of carboxylic acids is 2. The van der Waals surface area contributed by atoms with Gasteiger partial charge >= 0.3 is 11.9 Å². The molecule has 0 radical (unpaired) electrons. The van der Waals surface area contributed by atoms with Gasteiger partial charge in [-0.25, -0.2) is 0 Å². The maximum atomic E-state index is 12.5. The van der Waals surface area contributed by atoms with E-state index in [9.17, 15) is 19.8 Å². The minimum absolute atomic E-state index is 0.0354. The van der Waals surface area contributed by atoms with Crippen LogP contribution in [0, 0.1) is 5.92 Å². The minimum atomic E-state index is -0.772. The van der Waals surface area contributed by atoms with E-state index in [1.165, 1.54) is 167 Å². The molecular formula is C73H114ClN2O4+. The van der Waals surface area contributed by atoms with E-state index < -0.39 is 11.9 Å². The molecule has 2 N–H and O–H groups in total. The van der Waals surface area contributed by atoms with E-state index in [0.717, 1.165) is 86.8 Å². The standard InChI is InChI=1S/C73H113ClN2O4/c1-12-17-21-25-29-33-47-72(46-32-28-24-20-15-4)61-54-59(70(6,7)8)38-40-63(61)75(50-44-67(77)78)65(72)42-36-57-52-56(16-5)53-58(69(57)74)37-43-66-73(48-34-30-26-22-18-13-2,49-35-31-27-23-19-14-3)62-55-60(71(9,10)11)39-41-64(62)76(66)51-45-68(79)80/h36-43,54-56H,12-35,44-53H2,1-11H3,(H-,77,78,79,80)/p+1. The number of allylic oxidation sites excluding steroid dienone is 8. The third kappa shape index (κ3) is 18.3. The molecular weight excluding hydrogens is 1000 g/mol. The summed E-state index contributed by atoms with van der Waals surface area (Å²) in [5.74, 6) is -1.13. The Bertz CT molecular complexity index is 2420. The van der Waals surface area contributed by atoms with Crippen LogP contribution in [0.3, 0.4) is 0 Å². The van der Waals surface area contributed by atoms with Crippen molar-refractivity contribution in [2.75, 3.05) is 18.0 Å². The van der Waals surface area contributed by atoms with E-state index in [2.05, 4.69) is 146 Å². The molecule has 2 unspecified atom stereocenters. The summed E-state index contributed by atoms with van der Waals surface area (Å²) in [5, 5.41) is 21.4. The number of rotatable bonds is 37. The van der Waals surface area contributed by atoms with Crippen LogP contribution in [0.5, 0.6) is 0 Å². The fraction of sp³-hybridized carbons (Fsp3) is 0.685. The van der Waals surface area contributed by atoms with Gasteiger partial charge in [-0.2, -0.15) is 4.58 Å². The minimum Gasteiger partial charge on any atom is -0.481 e. The highest BCUT2D eigenvalue weighted by Gasteiger charge is 2.51. The lowest BCUT2D eigenvalue weighted by Gasteiger charge is -2.35. The fourth-order valence-electron chi connectivity index (χ4n) is 13.7. The Morgan fingerprint density at radius 3 is 1.52 bits per heavy atom. The second-order valence-electron chi connectivity index (χ2n) is 26.9. The van der Waals surface area contributed by atoms with Crippen LogP contribution < -0.4 is 4.90 Å². The quantitative estimate of drug-likeness (QED) is 0.0520. The first kappa shape index (κ1) is 66.9. The molecule has 2 aliphatic heterocycles. The smallest absolute Gasteiger partial charge is 0.309 e. The Morgan fingerprint density at radius 1 is 0.588 bits per heavy atom. The van der Waals surface area contributed by atoms with Crippen molar-refractivity contribution < 1.29 is 24.4 Å². The Balaban J connectivity index is 1.73. The molecule has 7 heteroatoms. The van der Waals surface area contributed by atoms with E-state index in [0.29, 0.717) is 19.0 Å². The Kier molecular flexibility index (Phi) is 27.4. The first-order valence-electron chi connectivity index (χ1n) is 33.0. The first-order chi connectivity index (χ1) is 38.3. The molecule has 2 aromatic rings. The Hall–Kier alpha value is -3.90. The second kappa shape index (κ2) is 32.8. The maximum absolute atomic E-state index is 12.5. The number of unbranched alkanes of at least 4 members (excludes halogenated alkanes) is 19. The van der Waals surface area contributed by atoms with Gasteiger partial charge in [-0.15, -0.1) is 0 Å². The predicted octanol–water partition coefficient (Wildman–Crippen LogP) is 21.6. The van der Waals surface area contributed by atoms with E-state index in [1.54, 1.807) is 0 Å². The van der Waals surface area contributed by atoms with Crippen LogP contribution in [0.1, 0.15) is 304 Å². The van der Waals surface area contributed by atoms with Gasteiger partial charge in [0.15, 0.2) is 12.3 Å².